The molecule has 1 aliphatic heterocycles. The Morgan fingerprint density at radius 1 is 1.37 bits per heavy atom. The Labute approximate surface area is 179 Å². The number of aliphatic hydroxyl groups is 1. The van der Waals surface area contributed by atoms with E-state index < -0.39 is 0 Å². The van der Waals surface area contributed by atoms with Gasteiger partial charge >= 0.3 is 0 Å². The number of nitriles is 1. The van der Waals surface area contributed by atoms with Gasteiger partial charge in [-0.25, -0.2) is 0 Å². The predicted molar refractivity (Wildman–Crippen MR) is 119 cm³/mol. The van der Waals surface area contributed by atoms with Crippen molar-refractivity contribution < 1.29 is 14.6 Å². The number of ether oxygens (including phenoxy) is 1. The van der Waals surface area contributed by atoms with Crippen molar-refractivity contribution in [2.75, 3.05) is 6.61 Å². The van der Waals surface area contributed by atoms with Gasteiger partial charge in [-0.05, 0) is 55.3 Å². The van der Waals surface area contributed by atoms with Gasteiger partial charge in [0, 0.05) is 11.6 Å². The van der Waals surface area contributed by atoms with Gasteiger partial charge in [-0.2, -0.15) is 5.26 Å². The van der Waals surface area contributed by atoms with Crippen LogP contribution < -0.4 is 10.1 Å². The molecule has 2 heterocycles. The van der Waals surface area contributed by atoms with Crippen molar-refractivity contribution in [3.63, 3.8) is 0 Å². The zero-order valence-electron chi connectivity index (χ0n) is 17.3. The summed E-state index contributed by atoms with van der Waals surface area (Å²) in [7, 11) is 0. The van der Waals surface area contributed by atoms with Crippen molar-refractivity contribution in [1.82, 2.24) is 10.3 Å². The summed E-state index contributed by atoms with van der Waals surface area (Å²) < 4.78 is 5.88. The van der Waals surface area contributed by atoms with Gasteiger partial charge in [-0.15, -0.1) is 0 Å². The van der Waals surface area contributed by atoms with E-state index in [4.69, 9.17) is 4.74 Å². The maximum Gasteiger partial charge on any atom is 0.264 e. The number of rotatable bonds is 6. The van der Waals surface area contributed by atoms with Crippen LogP contribution in [-0.2, 0) is 4.79 Å². The molecule has 7 nitrogen and oxygen atoms in total. The number of carbonyl (C=O) groups excluding carboxylic acids is 1. The monoisotopic (exact) mass is 424 g/mol. The van der Waals surface area contributed by atoms with Gasteiger partial charge in [-0.3, -0.25) is 14.8 Å². The zero-order valence-corrected chi connectivity index (χ0v) is 18.2. The topological polar surface area (TPSA) is 108 Å². The molecule has 3 rings (SSSR count). The van der Waals surface area contributed by atoms with E-state index in [0.29, 0.717) is 26.9 Å². The highest BCUT2D eigenvalue weighted by molar-refractivity contribution is 8.18. The lowest BCUT2D eigenvalue weighted by Crippen LogP contribution is -2.25. The van der Waals surface area contributed by atoms with Crippen LogP contribution in [0.1, 0.15) is 38.8 Å². The highest BCUT2D eigenvalue weighted by atomic mass is 32.2. The second-order valence-electron chi connectivity index (χ2n) is 7.55. The van der Waals surface area contributed by atoms with Crippen molar-refractivity contribution in [1.29, 1.82) is 5.26 Å². The molecule has 8 heteroatoms. The Morgan fingerprint density at radius 2 is 2.13 bits per heavy atom. The van der Waals surface area contributed by atoms with Crippen LogP contribution >= 0.6 is 11.8 Å². The number of nitrogens with zero attached hydrogens (tertiary/aromatic N) is 3. The summed E-state index contributed by atoms with van der Waals surface area (Å²) in [6, 6.07) is 7.42. The Kier molecular flexibility index (Phi) is 6.75. The molecular weight excluding hydrogens is 400 g/mol. The normalized spacial score (nSPS) is 17.7. The molecule has 30 heavy (non-hydrogen) atoms. The summed E-state index contributed by atoms with van der Waals surface area (Å²) in [4.78, 5) is 21.7. The molecule has 1 aromatic carbocycles. The number of thioether (sulfide) groups is 1. The van der Waals surface area contributed by atoms with Gasteiger partial charge in [0.2, 0.25) is 0 Å². The van der Waals surface area contributed by atoms with Crippen LogP contribution in [0.25, 0.3) is 17.0 Å². The molecule has 156 valence electrons. The van der Waals surface area contributed by atoms with Crippen LogP contribution in [0.5, 0.6) is 5.75 Å². The van der Waals surface area contributed by atoms with Crippen molar-refractivity contribution in [3.05, 3.63) is 40.4 Å². The quantitative estimate of drug-likeness (QED) is 0.688. The van der Waals surface area contributed by atoms with Crippen molar-refractivity contribution >= 4 is 39.8 Å². The van der Waals surface area contributed by atoms with E-state index in [2.05, 4.69) is 21.4 Å². The molecule has 1 atom stereocenters. The van der Waals surface area contributed by atoms with Crippen molar-refractivity contribution in [2.24, 2.45) is 10.9 Å². The molecule has 0 unspecified atom stereocenters. The molecule has 0 saturated carbocycles. The number of hydrogen-bond donors (Lipinski definition) is 2. The summed E-state index contributed by atoms with van der Waals surface area (Å²) in [6.45, 7) is 7.66. The molecular formula is C22H24N4O3S. The molecule has 1 aliphatic rings. The molecule has 1 amide bonds. The Morgan fingerprint density at radius 3 is 2.77 bits per heavy atom. The van der Waals surface area contributed by atoms with Crippen LogP contribution in [-0.4, -0.2) is 39.9 Å². The number of pyridine rings is 1. The number of nitrogens with one attached hydrogen (secondary N) is 1. The van der Waals surface area contributed by atoms with Crippen LogP contribution in [0.4, 0.5) is 0 Å². The lowest BCUT2D eigenvalue weighted by atomic mass is 10.1. The third kappa shape index (κ3) is 4.81. The van der Waals surface area contributed by atoms with Gasteiger partial charge in [-0.1, -0.05) is 19.9 Å². The number of aliphatic imine (C=N–C) groups is 1. The molecule has 1 saturated heterocycles. The van der Waals surface area contributed by atoms with Crippen LogP contribution in [0.2, 0.25) is 0 Å². The van der Waals surface area contributed by atoms with Crippen LogP contribution in [0.15, 0.2) is 34.3 Å². The number of benzene rings is 1. The zero-order chi connectivity index (χ0) is 21.8. The van der Waals surface area contributed by atoms with E-state index in [1.807, 2.05) is 45.9 Å². The van der Waals surface area contributed by atoms with Crippen molar-refractivity contribution in [2.45, 2.75) is 39.8 Å². The van der Waals surface area contributed by atoms with E-state index in [9.17, 15) is 15.2 Å². The maximum absolute atomic E-state index is 12.4. The first-order valence-electron chi connectivity index (χ1n) is 9.71. The molecule has 1 fully saturated rings. The number of amides is 1. The molecule has 0 aliphatic carbocycles. The van der Waals surface area contributed by atoms with Gasteiger partial charge in [0.1, 0.15) is 17.4 Å². The smallest absolute Gasteiger partial charge is 0.264 e. The third-order valence-corrected chi connectivity index (χ3v) is 5.43. The largest absolute Gasteiger partial charge is 0.489 e. The van der Waals surface area contributed by atoms with E-state index >= 15 is 0 Å². The lowest BCUT2D eigenvalue weighted by Gasteiger charge is -2.14. The molecule has 0 radical (unpaired) electrons. The molecule has 0 spiro atoms. The average Bonchev–Trinajstić information content (AvgIpc) is 3.04. The van der Waals surface area contributed by atoms with Gasteiger partial charge in [0.05, 0.1) is 29.2 Å². The highest BCUT2D eigenvalue weighted by Crippen LogP contribution is 2.32. The second kappa shape index (κ2) is 9.28. The van der Waals surface area contributed by atoms with Crippen molar-refractivity contribution in [3.8, 4) is 11.8 Å². The second-order valence-corrected chi connectivity index (χ2v) is 8.58. The highest BCUT2D eigenvalue weighted by Gasteiger charge is 2.25. The summed E-state index contributed by atoms with van der Waals surface area (Å²) in [5, 5.41) is 22.8. The first kappa shape index (κ1) is 21.8. The van der Waals surface area contributed by atoms with Gasteiger partial charge in [0.15, 0.2) is 5.17 Å². The fourth-order valence-corrected chi connectivity index (χ4v) is 3.79. The van der Waals surface area contributed by atoms with Crippen LogP contribution in [0.3, 0.4) is 0 Å². The third-order valence-electron chi connectivity index (χ3n) is 4.50. The fraction of sp³-hybridized carbons (Fsp3) is 0.364. The minimum Gasteiger partial charge on any atom is -0.489 e. The minimum atomic E-state index is -0.265. The summed E-state index contributed by atoms with van der Waals surface area (Å²) in [5.74, 6) is 0.419. The predicted octanol–water partition coefficient (Wildman–Crippen LogP) is 3.47. The molecule has 2 N–H and O–H groups in total. The van der Waals surface area contributed by atoms with Crippen LogP contribution in [0, 0.1) is 17.2 Å². The van der Waals surface area contributed by atoms with E-state index in [-0.39, 0.29) is 30.6 Å². The Hall–Kier alpha value is -2.89. The summed E-state index contributed by atoms with van der Waals surface area (Å²) >= 11 is 1.24. The first-order chi connectivity index (χ1) is 14.3. The SMILES string of the molecule is CC(C)Oc1c(C#N)cnc2ccc(/C=C3\SC(=N[C@@H](CO)C(C)C)NC3=O)cc12. The molecule has 2 aromatic rings. The summed E-state index contributed by atoms with van der Waals surface area (Å²) in [6.07, 6.45) is 3.18. The number of aromatic nitrogens is 1. The molecule has 1 aromatic heterocycles. The number of carbonyl (C=O) groups is 1. The molecule has 0 bridgehead atoms. The Balaban J connectivity index is 1.97. The van der Waals surface area contributed by atoms with Gasteiger partial charge < -0.3 is 15.2 Å². The lowest BCUT2D eigenvalue weighted by molar-refractivity contribution is -0.115. The number of amidine groups is 1. The summed E-state index contributed by atoms with van der Waals surface area (Å²) in [5.41, 5.74) is 1.86. The maximum atomic E-state index is 12.4. The van der Waals surface area contributed by atoms with Gasteiger partial charge in [0.25, 0.3) is 5.91 Å². The standard InChI is InChI=1S/C22H24N4O3S/c1-12(2)18(11-27)25-22-26-21(28)19(30-22)8-14-5-6-17-16(7-14)20(29-13(3)4)15(9-23)10-24-17/h5-8,10,12-13,18,27H,11H2,1-4H3,(H,25,26,28)/b19-8-/t18-/m0/s1. The fourth-order valence-electron chi connectivity index (χ4n) is 2.91. The van der Waals surface area contributed by atoms with E-state index in [0.717, 1.165) is 10.9 Å². The average molecular weight is 425 g/mol. The first-order valence-corrected chi connectivity index (χ1v) is 10.5. The van der Waals surface area contributed by atoms with E-state index in [1.54, 1.807) is 6.08 Å². The number of aliphatic hydroxyl groups excluding tert-OH is 1. The minimum absolute atomic E-state index is 0.0752. The number of hydrogen-bond acceptors (Lipinski definition) is 7. The Bertz CT molecular complexity index is 1070. The number of fused-ring (bicyclic) bond motifs is 1. The van der Waals surface area contributed by atoms with E-state index in [1.165, 1.54) is 18.0 Å².